The second kappa shape index (κ2) is 8.43. The van der Waals surface area contributed by atoms with Crippen LogP contribution in [0.3, 0.4) is 0 Å². The van der Waals surface area contributed by atoms with Gasteiger partial charge in [0.25, 0.3) is 5.91 Å². The van der Waals surface area contributed by atoms with Crippen molar-refractivity contribution in [3.8, 4) is 5.75 Å². The summed E-state index contributed by atoms with van der Waals surface area (Å²) in [6.07, 6.45) is 0.992. The van der Waals surface area contributed by atoms with Gasteiger partial charge in [-0.25, -0.2) is 0 Å². The van der Waals surface area contributed by atoms with Gasteiger partial charge in [-0.3, -0.25) is 4.79 Å². The summed E-state index contributed by atoms with van der Waals surface area (Å²) in [6, 6.07) is 16.4. The van der Waals surface area contributed by atoms with Gasteiger partial charge in [-0.1, -0.05) is 42.5 Å². The van der Waals surface area contributed by atoms with E-state index >= 15 is 0 Å². The minimum atomic E-state index is 0.0780. The smallest absolute Gasteiger partial charge is 0.260 e. The van der Waals surface area contributed by atoms with E-state index in [0.717, 1.165) is 36.6 Å². The Labute approximate surface area is 154 Å². The molecule has 2 aromatic carbocycles. The average molecular weight is 356 g/mol. The van der Waals surface area contributed by atoms with Crippen molar-refractivity contribution in [3.05, 3.63) is 65.2 Å². The third kappa shape index (κ3) is 4.57. The Balaban J connectivity index is 1.56. The number of thioether (sulfide) groups is 1. The molecule has 0 N–H and O–H groups in total. The van der Waals surface area contributed by atoms with E-state index in [1.807, 2.05) is 47.9 Å². The van der Waals surface area contributed by atoms with Crippen LogP contribution in [0.15, 0.2) is 48.5 Å². The van der Waals surface area contributed by atoms with Crippen molar-refractivity contribution in [2.45, 2.75) is 25.5 Å². The summed E-state index contributed by atoms with van der Waals surface area (Å²) in [5.74, 6) is 1.84. The van der Waals surface area contributed by atoms with Gasteiger partial charge in [0, 0.05) is 24.1 Å². The van der Waals surface area contributed by atoms with Crippen LogP contribution in [0.4, 0.5) is 0 Å². The predicted octanol–water partition coefficient (Wildman–Crippen LogP) is 4.39. The Bertz CT molecular complexity index is 731. The standard InChI is InChI=1S/C21H25NO2S/c1-16-7-3-5-9-18(16)20-11-12-22(13-14-25-20)21(23)15-24-19-10-6-4-8-17(19)2/h3-10,20H,11-15H2,1-2H3. The van der Waals surface area contributed by atoms with Crippen molar-refractivity contribution in [1.82, 2.24) is 4.90 Å². The molecule has 0 radical (unpaired) electrons. The monoisotopic (exact) mass is 355 g/mol. The van der Waals surface area contributed by atoms with Crippen LogP contribution in [0.5, 0.6) is 5.75 Å². The number of hydrogen-bond donors (Lipinski definition) is 0. The molecule has 1 fully saturated rings. The Morgan fingerprint density at radius 1 is 1.08 bits per heavy atom. The molecule has 0 spiro atoms. The molecule has 2 aromatic rings. The number of benzene rings is 2. The summed E-state index contributed by atoms with van der Waals surface area (Å²) in [4.78, 5) is 14.5. The average Bonchev–Trinajstić information content (AvgIpc) is 2.87. The Morgan fingerprint density at radius 3 is 2.56 bits per heavy atom. The largest absolute Gasteiger partial charge is 0.484 e. The van der Waals surface area contributed by atoms with E-state index in [0.29, 0.717) is 5.25 Å². The molecule has 1 saturated heterocycles. The molecule has 1 amide bonds. The van der Waals surface area contributed by atoms with Crippen LogP contribution in [0.2, 0.25) is 0 Å². The number of rotatable bonds is 4. The highest BCUT2D eigenvalue weighted by Crippen LogP contribution is 2.35. The second-order valence-electron chi connectivity index (χ2n) is 6.44. The normalized spacial score (nSPS) is 17.8. The van der Waals surface area contributed by atoms with Crippen molar-refractivity contribution in [2.24, 2.45) is 0 Å². The van der Waals surface area contributed by atoms with Crippen LogP contribution < -0.4 is 4.74 Å². The number of carbonyl (C=O) groups excluding carboxylic acids is 1. The lowest BCUT2D eigenvalue weighted by molar-refractivity contribution is -0.133. The van der Waals surface area contributed by atoms with Crippen LogP contribution in [0.25, 0.3) is 0 Å². The van der Waals surface area contributed by atoms with Gasteiger partial charge in [0.1, 0.15) is 5.75 Å². The van der Waals surface area contributed by atoms with Gasteiger partial charge < -0.3 is 9.64 Å². The van der Waals surface area contributed by atoms with E-state index in [1.165, 1.54) is 11.1 Å². The first-order chi connectivity index (χ1) is 12.1. The maximum Gasteiger partial charge on any atom is 0.260 e. The van der Waals surface area contributed by atoms with E-state index < -0.39 is 0 Å². The minimum absolute atomic E-state index is 0.0780. The Morgan fingerprint density at radius 2 is 1.80 bits per heavy atom. The second-order valence-corrected chi connectivity index (χ2v) is 7.75. The topological polar surface area (TPSA) is 29.5 Å². The van der Waals surface area contributed by atoms with Gasteiger partial charge >= 0.3 is 0 Å². The summed E-state index contributed by atoms with van der Waals surface area (Å²) in [5, 5.41) is 0.469. The molecule has 1 unspecified atom stereocenters. The molecule has 1 heterocycles. The molecule has 0 aliphatic carbocycles. The number of hydrogen-bond acceptors (Lipinski definition) is 3. The number of nitrogens with zero attached hydrogens (tertiary/aromatic N) is 1. The first-order valence-corrected chi connectivity index (χ1v) is 9.83. The van der Waals surface area contributed by atoms with Crippen molar-refractivity contribution in [2.75, 3.05) is 25.4 Å². The highest BCUT2D eigenvalue weighted by molar-refractivity contribution is 7.99. The lowest BCUT2D eigenvalue weighted by Crippen LogP contribution is -2.36. The third-order valence-corrected chi connectivity index (χ3v) is 5.98. The third-order valence-electron chi connectivity index (χ3n) is 4.67. The lowest BCUT2D eigenvalue weighted by atomic mass is 10.0. The maximum atomic E-state index is 12.5. The fraction of sp³-hybridized carbons (Fsp3) is 0.381. The number of para-hydroxylation sites is 1. The number of amides is 1. The number of aryl methyl sites for hydroxylation is 2. The highest BCUT2D eigenvalue weighted by atomic mass is 32.2. The maximum absolute atomic E-state index is 12.5. The fourth-order valence-corrected chi connectivity index (χ4v) is 4.49. The van der Waals surface area contributed by atoms with Crippen molar-refractivity contribution < 1.29 is 9.53 Å². The van der Waals surface area contributed by atoms with Crippen molar-refractivity contribution >= 4 is 17.7 Å². The van der Waals surface area contributed by atoms with Crippen molar-refractivity contribution in [1.29, 1.82) is 0 Å². The van der Waals surface area contributed by atoms with Crippen LogP contribution in [-0.4, -0.2) is 36.3 Å². The molecule has 1 aliphatic heterocycles. The van der Waals surface area contributed by atoms with E-state index in [4.69, 9.17) is 4.74 Å². The summed E-state index contributed by atoms with van der Waals surface area (Å²) >= 11 is 1.95. The van der Waals surface area contributed by atoms with Crippen LogP contribution in [0.1, 0.15) is 28.4 Å². The first kappa shape index (κ1) is 17.9. The highest BCUT2D eigenvalue weighted by Gasteiger charge is 2.23. The predicted molar refractivity (Wildman–Crippen MR) is 104 cm³/mol. The van der Waals surface area contributed by atoms with E-state index in [9.17, 15) is 4.79 Å². The number of ether oxygens (including phenoxy) is 1. The molecular weight excluding hydrogens is 330 g/mol. The minimum Gasteiger partial charge on any atom is -0.484 e. The van der Waals surface area contributed by atoms with Crippen LogP contribution in [0, 0.1) is 13.8 Å². The molecule has 1 atom stereocenters. The van der Waals surface area contributed by atoms with Crippen LogP contribution in [-0.2, 0) is 4.79 Å². The van der Waals surface area contributed by atoms with E-state index in [-0.39, 0.29) is 12.5 Å². The SMILES string of the molecule is Cc1ccccc1OCC(=O)N1CCSC(c2ccccc2C)CC1. The summed E-state index contributed by atoms with van der Waals surface area (Å²) in [6.45, 7) is 5.87. The molecule has 3 nitrogen and oxygen atoms in total. The van der Waals surface area contributed by atoms with Gasteiger partial charge in [-0.2, -0.15) is 11.8 Å². The Kier molecular flexibility index (Phi) is 6.03. The van der Waals surface area contributed by atoms with E-state index in [2.05, 4.69) is 31.2 Å². The fourth-order valence-electron chi connectivity index (χ4n) is 3.17. The number of carbonyl (C=O) groups is 1. The van der Waals surface area contributed by atoms with Gasteiger partial charge in [0.15, 0.2) is 6.61 Å². The van der Waals surface area contributed by atoms with E-state index in [1.54, 1.807) is 0 Å². The zero-order valence-electron chi connectivity index (χ0n) is 14.9. The molecule has 132 valence electrons. The Hall–Kier alpha value is -1.94. The van der Waals surface area contributed by atoms with Crippen LogP contribution >= 0.6 is 11.8 Å². The molecule has 0 aromatic heterocycles. The zero-order valence-corrected chi connectivity index (χ0v) is 15.7. The molecule has 0 saturated carbocycles. The van der Waals surface area contributed by atoms with Gasteiger partial charge in [0.05, 0.1) is 0 Å². The lowest BCUT2D eigenvalue weighted by Gasteiger charge is -2.21. The molecule has 0 bridgehead atoms. The summed E-state index contributed by atoms with van der Waals surface area (Å²) in [7, 11) is 0. The zero-order chi connectivity index (χ0) is 17.6. The molecular formula is C21H25NO2S. The summed E-state index contributed by atoms with van der Waals surface area (Å²) < 4.78 is 5.73. The summed E-state index contributed by atoms with van der Waals surface area (Å²) in [5.41, 5.74) is 3.79. The van der Waals surface area contributed by atoms with Crippen molar-refractivity contribution in [3.63, 3.8) is 0 Å². The molecule has 4 heteroatoms. The quantitative estimate of drug-likeness (QED) is 0.815. The van der Waals surface area contributed by atoms with Gasteiger partial charge in [0.2, 0.25) is 0 Å². The van der Waals surface area contributed by atoms with Gasteiger partial charge in [-0.15, -0.1) is 0 Å². The molecule has 3 rings (SSSR count). The molecule has 25 heavy (non-hydrogen) atoms. The molecule has 1 aliphatic rings. The van der Waals surface area contributed by atoms with Gasteiger partial charge in [-0.05, 0) is 43.0 Å². The first-order valence-electron chi connectivity index (χ1n) is 8.78.